The molecule has 0 spiro atoms. The number of aliphatic hydroxyl groups excluding tert-OH is 1. The molecule has 5 heteroatoms. The molecular formula is C19H27N3O2. The summed E-state index contributed by atoms with van der Waals surface area (Å²) in [6, 6.07) is 9.69. The fraction of sp³-hybridized carbons (Fsp3) is 0.474. The second-order valence-electron chi connectivity index (χ2n) is 6.21. The molecule has 2 amide bonds. The van der Waals surface area contributed by atoms with Gasteiger partial charge in [-0.15, -0.1) is 0 Å². The Morgan fingerprint density at radius 2 is 1.92 bits per heavy atom. The molecule has 2 rings (SSSR count). The number of hydrogen-bond acceptors (Lipinski definition) is 3. The van der Waals surface area contributed by atoms with Crippen molar-refractivity contribution in [2.45, 2.75) is 39.7 Å². The first-order valence-corrected chi connectivity index (χ1v) is 8.59. The van der Waals surface area contributed by atoms with Gasteiger partial charge >= 0.3 is 6.03 Å². The Bertz CT molecular complexity index is 663. The number of amides is 2. The quantitative estimate of drug-likeness (QED) is 0.696. The Morgan fingerprint density at radius 1 is 1.17 bits per heavy atom. The lowest BCUT2D eigenvalue weighted by Gasteiger charge is -2.31. The van der Waals surface area contributed by atoms with E-state index in [1.54, 1.807) is 6.20 Å². The second kappa shape index (κ2) is 8.64. The predicted molar refractivity (Wildman–Crippen MR) is 96.7 cm³/mol. The van der Waals surface area contributed by atoms with Gasteiger partial charge in [-0.3, -0.25) is 4.98 Å². The maximum absolute atomic E-state index is 12.1. The largest absolute Gasteiger partial charge is 0.396 e. The fourth-order valence-electron chi connectivity index (χ4n) is 2.99. The van der Waals surface area contributed by atoms with Gasteiger partial charge in [0.2, 0.25) is 0 Å². The van der Waals surface area contributed by atoms with Gasteiger partial charge < -0.3 is 15.7 Å². The molecule has 0 aliphatic heterocycles. The van der Waals surface area contributed by atoms with Crippen LogP contribution in [0.1, 0.15) is 38.7 Å². The molecule has 5 nitrogen and oxygen atoms in total. The number of aromatic nitrogens is 1. The molecule has 0 unspecified atom stereocenters. The number of carbonyl (C=O) groups excluding carboxylic acids is 1. The van der Waals surface area contributed by atoms with Gasteiger partial charge in [-0.05, 0) is 36.3 Å². The van der Waals surface area contributed by atoms with E-state index >= 15 is 0 Å². The molecular weight excluding hydrogens is 302 g/mol. The number of nitrogens with zero attached hydrogens (tertiary/aromatic N) is 1. The van der Waals surface area contributed by atoms with Gasteiger partial charge in [-0.2, -0.15) is 0 Å². The SMILES string of the molecule is CCC(CC)(CCO)CNC(=O)NCc1cccc2cccnc12. The van der Waals surface area contributed by atoms with Crippen LogP contribution >= 0.6 is 0 Å². The normalized spacial score (nSPS) is 11.5. The Morgan fingerprint density at radius 3 is 2.62 bits per heavy atom. The molecule has 130 valence electrons. The van der Waals surface area contributed by atoms with Gasteiger partial charge in [0.25, 0.3) is 0 Å². The van der Waals surface area contributed by atoms with E-state index < -0.39 is 0 Å². The number of aliphatic hydroxyl groups is 1. The van der Waals surface area contributed by atoms with Crippen molar-refractivity contribution in [1.82, 2.24) is 15.6 Å². The molecule has 0 aliphatic carbocycles. The maximum atomic E-state index is 12.1. The highest BCUT2D eigenvalue weighted by atomic mass is 16.3. The van der Waals surface area contributed by atoms with Crippen LogP contribution in [0.25, 0.3) is 10.9 Å². The molecule has 0 saturated heterocycles. The zero-order chi connectivity index (χ0) is 17.4. The number of rotatable bonds is 8. The van der Waals surface area contributed by atoms with E-state index in [9.17, 15) is 9.90 Å². The zero-order valence-electron chi connectivity index (χ0n) is 14.5. The second-order valence-corrected chi connectivity index (χ2v) is 6.21. The van der Waals surface area contributed by atoms with Crippen molar-refractivity contribution >= 4 is 16.9 Å². The van der Waals surface area contributed by atoms with E-state index in [1.165, 1.54) is 0 Å². The van der Waals surface area contributed by atoms with E-state index in [-0.39, 0.29) is 18.1 Å². The van der Waals surface area contributed by atoms with Crippen molar-refractivity contribution < 1.29 is 9.90 Å². The number of fused-ring (bicyclic) bond motifs is 1. The molecule has 1 heterocycles. The monoisotopic (exact) mass is 329 g/mol. The third kappa shape index (κ3) is 4.45. The van der Waals surface area contributed by atoms with Gasteiger partial charge in [-0.25, -0.2) is 4.79 Å². The third-order valence-corrected chi connectivity index (χ3v) is 4.92. The number of para-hydroxylation sites is 1. The van der Waals surface area contributed by atoms with Gasteiger partial charge in [0.15, 0.2) is 0 Å². The molecule has 0 fully saturated rings. The molecule has 3 N–H and O–H groups in total. The molecule has 0 radical (unpaired) electrons. The molecule has 1 aromatic heterocycles. The third-order valence-electron chi connectivity index (χ3n) is 4.92. The number of carbonyl (C=O) groups is 1. The van der Waals surface area contributed by atoms with Crippen LogP contribution in [0.2, 0.25) is 0 Å². The summed E-state index contributed by atoms with van der Waals surface area (Å²) in [5, 5.41) is 16.2. The van der Waals surface area contributed by atoms with Gasteiger partial charge in [0.05, 0.1) is 5.52 Å². The zero-order valence-corrected chi connectivity index (χ0v) is 14.5. The van der Waals surface area contributed by atoms with E-state index in [1.807, 2.05) is 30.3 Å². The first kappa shape index (κ1) is 18.2. The number of nitrogens with one attached hydrogen (secondary N) is 2. The van der Waals surface area contributed by atoms with Crippen LogP contribution in [0.3, 0.4) is 0 Å². The summed E-state index contributed by atoms with van der Waals surface area (Å²) in [6.45, 7) is 5.35. The van der Waals surface area contributed by atoms with Crippen LogP contribution < -0.4 is 10.6 Å². The summed E-state index contributed by atoms with van der Waals surface area (Å²) in [6.07, 6.45) is 4.32. The number of urea groups is 1. The Balaban J connectivity index is 1.93. The maximum Gasteiger partial charge on any atom is 0.315 e. The minimum atomic E-state index is -0.188. The lowest BCUT2D eigenvalue weighted by Crippen LogP contribution is -2.42. The highest BCUT2D eigenvalue weighted by molar-refractivity contribution is 5.82. The van der Waals surface area contributed by atoms with Crippen LogP contribution in [0.4, 0.5) is 4.79 Å². The first-order chi connectivity index (χ1) is 11.6. The van der Waals surface area contributed by atoms with Gasteiger partial charge in [0.1, 0.15) is 0 Å². The molecule has 2 aromatic rings. The lowest BCUT2D eigenvalue weighted by atomic mass is 9.79. The molecule has 0 aliphatic rings. The molecule has 0 atom stereocenters. The molecule has 24 heavy (non-hydrogen) atoms. The van der Waals surface area contributed by atoms with Crippen molar-refractivity contribution in [3.63, 3.8) is 0 Å². The fourth-order valence-corrected chi connectivity index (χ4v) is 2.99. The van der Waals surface area contributed by atoms with Crippen molar-refractivity contribution in [1.29, 1.82) is 0 Å². The minimum Gasteiger partial charge on any atom is -0.396 e. The summed E-state index contributed by atoms with van der Waals surface area (Å²) in [4.78, 5) is 16.5. The smallest absolute Gasteiger partial charge is 0.315 e. The standard InChI is InChI=1S/C19H27N3O2/c1-3-19(4-2,10-12-23)14-22-18(24)21-13-16-8-5-7-15-9-6-11-20-17(15)16/h5-9,11,23H,3-4,10,12-14H2,1-2H3,(H2,21,22,24). The number of benzene rings is 1. The summed E-state index contributed by atoms with van der Waals surface area (Å²) in [5.74, 6) is 0. The van der Waals surface area contributed by atoms with E-state index in [4.69, 9.17) is 0 Å². The average molecular weight is 329 g/mol. The highest BCUT2D eigenvalue weighted by Crippen LogP contribution is 2.29. The molecule has 0 bridgehead atoms. The summed E-state index contributed by atoms with van der Waals surface area (Å²) in [7, 11) is 0. The molecule has 0 saturated carbocycles. The van der Waals surface area contributed by atoms with Crippen molar-refractivity contribution in [3.8, 4) is 0 Å². The van der Waals surface area contributed by atoms with Crippen LogP contribution in [0.5, 0.6) is 0 Å². The van der Waals surface area contributed by atoms with E-state index in [2.05, 4.69) is 29.5 Å². The minimum absolute atomic E-state index is 0.0346. The Labute approximate surface area is 143 Å². The van der Waals surface area contributed by atoms with E-state index in [0.29, 0.717) is 19.5 Å². The first-order valence-electron chi connectivity index (χ1n) is 8.59. The Hall–Kier alpha value is -2.14. The van der Waals surface area contributed by atoms with Gasteiger partial charge in [0, 0.05) is 31.3 Å². The van der Waals surface area contributed by atoms with E-state index in [0.717, 1.165) is 29.3 Å². The van der Waals surface area contributed by atoms with Crippen molar-refractivity contribution in [2.75, 3.05) is 13.2 Å². The molecule has 1 aromatic carbocycles. The predicted octanol–water partition coefficient (Wildman–Crippen LogP) is 3.22. The summed E-state index contributed by atoms with van der Waals surface area (Å²) >= 11 is 0. The summed E-state index contributed by atoms with van der Waals surface area (Å²) < 4.78 is 0. The van der Waals surface area contributed by atoms with Crippen molar-refractivity contribution in [3.05, 3.63) is 42.1 Å². The highest BCUT2D eigenvalue weighted by Gasteiger charge is 2.26. The van der Waals surface area contributed by atoms with Crippen molar-refractivity contribution in [2.24, 2.45) is 5.41 Å². The van der Waals surface area contributed by atoms with Crippen LogP contribution in [-0.4, -0.2) is 29.3 Å². The number of pyridine rings is 1. The average Bonchev–Trinajstić information content (AvgIpc) is 2.63. The van der Waals surface area contributed by atoms with Gasteiger partial charge in [-0.1, -0.05) is 38.1 Å². The van der Waals surface area contributed by atoms with Crippen LogP contribution in [0, 0.1) is 5.41 Å². The number of hydrogen-bond donors (Lipinski definition) is 3. The Kier molecular flexibility index (Phi) is 6.55. The summed E-state index contributed by atoms with van der Waals surface area (Å²) in [5.41, 5.74) is 1.88. The van der Waals surface area contributed by atoms with Crippen LogP contribution in [0.15, 0.2) is 36.5 Å². The van der Waals surface area contributed by atoms with Crippen LogP contribution in [-0.2, 0) is 6.54 Å². The topological polar surface area (TPSA) is 74.2 Å². The lowest BCUT2D eigenvalue weighted by molar-refractivity contribution is 0.163.